The van der Waals surface area contributed by atoms with Crippen LogP contribution in [0.5, 0.6) is 5.75 Å². The number of benzene rings is 2. The molecule has 6 nitrogen and oxygen atoms in total. The van der Waals surface area contributed by atoms with E-state index in [2.05, 4.69) is 0 Å². The number of nitrogens with zero attached hydrogens (tertiary/aromatic N) is 1. The van der Waals surface area contributed by atoms with E-state index in [1.54, 1.807) is 38.1 Å². The van der Waals surface area contributed by atoms with Crippen molar-refractivity contribution in [1.82, 2.24) is 0 Å². The van der Waals surface area contributed by atoms with Crippen LogP contribution in [0.3, 0.4) is 0 Å². The molecule has 10 heteroatoms. The van der Waals surface area contributed by atoms with E-state index >= 15 is 0 Å². The lowest BCUT2D eigenvalue weighted by Crippen LogP contribution is -2.36. The van der Waals surface area contributed by atoms with Gasteiger partial charge in [-0.2, -0.15) is 13.2 Å². The average Bonchev–Trinajstić information content (AvgIpc) is 2.64. The zero-order valence-corrected chi connectivity index (χ0v) is 17.9. The van der Waals surface area contributed by atoms with E-state index < -0.39 is 33.8 Å². The number of aliphatic carboxylic acids is 1. The highest BCUT2D eigenvalue weighted by Gasteiger charge is 2.33. The maximum absolute atomic E-state index is 13.2. The fraction of sp³-hybridized carbons (Fsp3) is 0.286. The van der Waals surface area contributed by atoms with Gasteiger partial charge in [0.15, 0.2) is 0 Å². The maximum atomic E-state index is 13.2. The highest BCUT2D eigenvalue weighted by molar-refractivity contribution is 7.92. The van der Waals surface area contributed by atoms with Gasteiger partial charge < -0.3 is 9.84 Å². The van der Waals surface area contributed by atoms with Gasteiger partial charge >= 0.3 is 12.1 Å². The third-order valence-corrected chi connectivity index (χ3v) is 5.48. The Morgan fingerprint density at radius 3 is 2.26 bits per heavy atom. The van der Waals surface area contributed by atoms with Crippen LogP contribution in [0.4, 0.5) is 18.9 Å². The second-order valence-corrected chi connectivity index (χ2v) is 8.89. The van der Waals surface area contributed by atoms with Crippen LogP contribution >= 0.6 is 0 Å². The molecule has 0 unspecified atom stereocenters. The van der Waals surface area contributed by atoms with E-state index in [0.717, 1.165) is 34.8 Å². The van der Waals surface area contributed by atoms with Gasteiger partial charge in [-0.3, -0.25) is 4.31 Å². The Morgan fingerprint density at radius 2 is 1.77 bits per heavy atom. The fourth-order valence-corrected chi connectivity index (χ4v) is 4.16. The van der Waals surface area contributed by atoms with Crippen molar-refractivity contribution in [3.05, 3.63) is 65.2 Å². The first kappa shape index (κ1) is 24.3. The lowest BCUT2D eigenvalue weighted by atomic mass is 10.1. The monoisotopic (exact) mass is 457 g/mol. The second-order valence-electron chi connectivity index (χ2n) is 7.03. The molecule has 0 amide bonds. The van der Waals surface area contributed by atoms with Crippen LogP contribution in [0.1, 0.15) is 30.5 Å². The molecule has 2 aromatic rings. The molecule has 2 aromatic carbocycles. The number of carboxylic acids is 1. The van der Waals surface area contributed by atoms with E-state index in [4.69, 9.17) is 9.84 Å². The summed E-state index contributed by atoms with van der Waals surface area (Å²) in [6, 6.07) is 8.64. The molecule has 0 radical (unpaired) electrons. The Bertz CT molecular complexity index is 1060. The van der Waals surface area contributed by atoms with Crippen molar-refractivity contribution in [1.29, 1.82) is 0 Å². The van der Waals surface area contributed by atoms with Crippen molar-refractivity contribution in [3.63, 3.8) is 0 Å². The van der Waals surface area contributed by atoms with Gasteiger partial charge in [0.05, 0.1) is 17.5 Å². The Hall–Kier alpha value is -3.01. The molecule has 0 aromatic heterocycles. The summed E-state index contributed by atoms with van der Waals surface area (Å²) >= 11 is 0. The van der Waals surface area contributed by atoms with Crippen molar-refractivity contribution >= 4 is 27.8 Å². The summed E-state index contributed by atoms with van der Waals surface area (Å²) in [6.45, 7) is 3.09. The zero-order valence-electron chi connectivity index (χ0n) is 17.1. The predicted molar refractivity (Wildman–Crippen MR) is 111 cm³/mol. The van der Waals surface area contributed by atoms with Crippen molar-refractivity contribution in [2.75, 3.05) is 10.6 Å². The fourth-order valence-electron chi connectivity index (χ4n) is 2.88. The summed E-state index contributed by atoms with van der Waals surface area (Å²) < 4.78 is 70.6. The largest absolute Gasteiger partial charge is 0.487 e. The molecule has 0 fully saturated rings. The number of ether oxygens (including phenoxy) is 1. The molecule has 0 saturated heterocycles. The highest BCUT2D eigenvalue weighted by Crippen LogP contribution is 2.38. The molecule has 31 heavy (non-hydrogen) atoms. The van der Waals surface area contributed by atoms with E-state index in [9.17, 15) is 26.4 Å². The summed E-state index contributed by atoms with van der Waals surface area (Å²) in [5.41, 5.74) is 0.268. The van der Waals surface area contributed by atoms with Crippen molar-refractivity contribution in [2.24, 2.45) is 0 Å². The SMILES string of the molecule is CC(C)N(c1ccc(C(F)(F)F)cc1OCc1ccc(/C=C/C(=O)O)cc1)S(C)(=O)=O. The van der Waals surface area contributed by atoms with Crippen molar-refractivity contribution in [2.45, 2.75) is 32.7 Å². The smallest absolute Gasteiger partial charge is 0.416 e. The Kier molecular flexibility index (Phi) is 7.37. The van der Waals surface area contributed by atoms with E-state index in [-0.39, 0.29) is 18.0 Å². The van der Waals surface area contributed by atoms with Crippen LogP contribution in [0, 0.1) is 0 Å². The van der Waals surface area contributed by atoms with Crippen LogP contribution in [0.25, 0.3) is 6.08 Å². The van der Waals surface area contributed by atoms with Crippen molar-refractivity contribution < 1.29 is 36.2 Å². The molecule has 0 atom stereocenters. The third-order valence-electron chi connectivity index (χ3n) is 4.14. The van der Waals surface area contributed by atoms with Gasteiger partial charge in [0, 0.05) is 12.1 Å². The van der Waals surface area contributed by atoms with Gasteiger partial charge in [-0.15, -0.1) is 0 Å². The number of anilines is 1. The maximum Gasteiger partial charge on any atom is 0.416 e. The van der Waals surface area contributed by atoms with Crippen LogP contribution < -0.4 is 9.04 Å². The number of sulfonamides is 1. The number of carboxylic acid groups (broad SMARTS) is 1. The molecule has 0 spiro atoms. The molecular weight excluding hydrogens is 435 g/mol. The average molecular weight is 457 g/mol. The normalized spacial score (nSPS) is 12.4. The Balaban J connectivity index is 2.38. The lowest BCUT2D eigenvalue weighted by molar-refractivity contribution is -0.137. The molecule has 0 heterocycles. The van der Waals surface area contributed by atoms with Gasteiger partial charge in [0.1, 0.15) is 12.4 Å². The number of alkyl halides is 3. The minimum absolute atomic E-state index is 0.00603. The first-order chi connectivity index (χ1) is 14.3. The third kappa shape index (κ3) is 6.74. The van der Waals surface area contributed by atoms with Gasteiger partial charge in [0.2, 0.25) is 10.0 Å². The first-order valence-corrected chi connectivity index (χ1v) is 11.0. The van der Waals surface area contributed by atoms with E-state index in [1.165, 1.54) is 6.08 Å². The Morgan fingerprint density at radius 1 is 1.16 bits per heavy atom. The minimum atomic E-state index is -4.62. The standard InChI is InChI=1S/C21H22F3NO5S/c1-14(2)25(31(3,28)29)18-10-9-17(21(22,23)24)12-19(18)30-13-16-6-4-15(5-7-16)8-11-20(26)27/h4-12,14H,13H2,1-3H3,(H,26,27)/b11-8+. The molecule has 168 valence electrons. The van der Waals surface area contributed by atoms with Crippen LogP contribution in [0.2, 0.25) is 0 Å². The topological polar surface area (TPSA) is 83.9 Å². The molecule has 0 aliphatic carbocycles. The lowest BCUT2D eigenvalue weighted by Gasteiger charge is -2.28. The van der Waals surface area contributed by atoms with Gasteiger partial charge in [0.25, 0.3) is 0 Å². The van der Waals surface area contributed by atoms with Gasteiger partial charge in [-0.25, -0.2) is 13.2 Å². The summed E-state index contributed by atoms with van der Waals surface area (Å²) in [6.07, 6.45) is -1.28. The summed E-state index contributed by atoms with van der Waals surface area (Å²) in [4.78, 5) is 10.6. The van der Waals surface area contributed by atoms with E-state index in [0.29, 0.717) is 11.1 Å². The summed E-state index contributed by atoms with van der Waals surface area (Å²) in [5.74, 6) is -1.31. The second kappa shape index (κ2) is 9.42. The van der Waals surface area contributed by atoms with E-state index in [1.807, 2.05) is 0 Å². The molecule has 0 bridgehead atoms. The number of rotatable bonds is 8. The summed E-state index contributed by atoms with van der Waals surface area (Å²) in [7, 11) is -3.77. The number of hydrogen-bond acceptors (Lipinski definition) is 4. The van der Waals surface area contributed by atoms with Crippen LogP contribution in [-0.4, -0.2) is 31.8 Å². The number of halogens is 3. The first-order valence-electron chi connectivity index (χ1n) is 9.12. The molecule has 0 saturated carbocycles. The molecule has 0 aliphatic heterocycles. The molecule has 2 rings (SSSR count). The molecule has 1 N–H and O–H groups in total. The quantitative estimate of drug-likeness (QED) is 0.588. The van der Waals surface area contributed by atoms with Crippen LogP contribution in [0.15, 0.2) is 48.5 Å². The minimum Gasteiger partial charge on any atom is -0.487 e. The van der Waals surface area contributed by atoms with Gasteiger partial charge in [-0.05, 0) is 49.2 Å². The summed E-state index contributed by atoms with van der Waals surface area (Å²) in [5, 5.41) is 8.65. The predicted octanol–water partition coefficient (Wildman–Crippen LogP) is 4.56. The Labute approximate surface area is 178 Å². The van der Waals surface area contributed by atoms with Crippen molar-refractivity contribution in [3.8, 4) is 5.75 Å². The van der Waals surface area contributed by atoms with Crippen LogP contribution in [-0.2, 0) is 27.6 Å². The highest BCUT2D eigenvalue weighted by atomic mass is 32.2. The number of carbonyl (C=O) groups is 1. The molecular formula is C21H22F3NO5S. The zero-order chi connectivity index (χ0) is 23.4. The number of hydrogen-bond donors (Lipinski definition) is 1. The molecule has 0 aliphatic rings. The van der Waals surface area contributed by atoms with Gasteiger partial charge in [-0.1, -0.05) is 24.3 Å².